The average molecular weight is 385 g/mol. The third-order valence-corrected chi connectivity index (χ3v) is 5.65. The number of H-pyrrole nitrogens is 2. The van der Waals surface area contributed by atoms with Gasteiger partial charge in [0, 0.05) is 54.4 Å². The predicted molar refractivity (Wildman–Crippen MR) is 116 cm³/mol. The summed E-state index contributed by atoms with van der Waals surface area (Å²) in [5.74, 6) is 0.606. The van der Waals surface area contributed by atoms with E-state index in [4.69, 9.17) is 10.7 Å². The third-order valence-electron chi connectivity index (χ3n) is 5.65. The van der Waals surface area contributed by atoms with Crippen LogP contribution in [0, 0.1) is 6.92 Å². The molecule has 0 amide bonds. The van der Waals surface area contributed by atoms with Gasteiger partial charge >= 0.3 is 0 Å². The van der Waals surface area contributed by atoms with Gasteiger partial charge in [-0.15, -0.1) is 0 Å². The quantitative estimate of drug-likeness (QED) is 0.472. The Morgan fingerprint density at radius 1 is 1.17 bits per heavy atom. The summed E-state index contributed by atoms with van der Waals surface area (Å²) in [5.41, 5.74) is 12.6. The van der Waals surface area contributed by atoms with Crippen LogP contribution in [0.4, 0.5) is 5.69 Å². The number of aryl methyl sites for hydroxylation is 1. The topological polar surface area (TPSA) is 90.8 Å². The van der Waals surface area contributed by atoms with E-state index in [1.54, 1.807) is 0 Å². The maximum Gasteiger partial charge on any atom is 0.255 e. The van der Waals surface area contributed by atoms with Crippen molar-refractivity contribution in [3.63, 3.8) is 0 Å². The maximum atomic E-state index is 12.8. The number of hydrogen-bond donors (Lipinski definition) is 3. The molecule has 2 aromatic heterocycles. The van der Waals surface area contributed by atoms with E-state index in [-0.39, 0.29) is 5.56 Å². The molecule has 0 saturated carbocycles. The number of nitrogens with one attached hydrogen (secondary N) is 2. The fourth-order valence-corrected chi connectivity index (χ4v) is 4.07. The van der Waals surface area contributed by atoms with Crippen LogP contribution in [0.25, 0.3) is 22.3 Å². The summed E-state index contributed by atoms with van der Waals surface area (Å²) in [4.78, 5) is 26.1. The monoisotopic (exact) mass is 385 g/mol. The molecule has 1 aliphatic heterocycles. The summed E-state index contributed by atoms with van der Waals surface area (Å²) in [6.07, 6.45) is 2.84. The van der Waals surface area contributed by atoms with Crippen molar-refractivity contribution >= 4 is 16.6 Å². The van der Waals surface area contributed by atoms with Crippen LogP contribution in [0.15, 0.2) is 53.5 Å². The van der Waals surface area contributed by atoms with Gasteiger partial charge in [-0.2, -0.15) is 0 Å². The summed E-state index contributed by atoms with van der Waals surface area (Å²) in [7, 11) is 0. The number of anilines is 1. The van der Waals surface area contributed by atoms with Gasteiger partial charge in [0.25, 0.3) is 5.56 Å². The van der Waals surface area contributed by atoms with E-state index in [0.29, 0.717) is 18.1 Å². The first kappa shape index (κ1) is 17.7. The lowest BCUT2D eigenvalue weighted by atomic mass is 10.0. The number of aromatic amines is 2. The molecule has 3 heterocycles. The van der Waals surface area contributed by atoms with Gasteiger partial charge in [-0.3, -0.25) is 9.69 Å². The van der Waals surface area contributed by atoms with E-state index < -0.39 is 0 Å². The molecule has 4 N–H and O–H groups in total. The van der Waals surface area contributed by atoms with Crippen LogP contribution in [0.3, 0.4) is 0 Å². The second-order valence-corrected chi connectivity index (χ2v) is 7.79. The lowest BCUT2D eigenvalue weighted by molar-refractivity contribution is 0.242. The van der Waals surface area contributed by atoms with E-state index in [1.165, 1.54) is 16.5 Å². The number of benzene rings is 2. The van der Waals surface area contributed by atoms with Crippen molar-refractivity contribution in [2.24, 2.45) is 0 Å². The summed E-state index contributed by atoms with van der Waals surface area (Å²) in [6.45, 7) is 4.39. The van der Waals surface area contributed by atoms with Crippen LogP contribution in [-0.2, 0) is 19.5 Å². The minimum atomic E-state index is -0.0546. The zero-order valence-corrected chi connectivity index (χ0v) is 16.3. The highest BCUT2D eigenvalue weighted by molar-refractivity contribution is 5.83. The molecular formula is C23H23N5O. The Morgan fingerprint density at radius 2 is 2.00 bits per heavy atom. The molecule has 0 atom stereocenters. The molecule has 0 unspecified atom stereocenters. The molecule has 4 aromatic rings. The number of rotatable bonds is 3. The van der Waals surface area contributed by atoms with Crippen molar-refractivity contribution in [2.75, 3.05) is 12.3 Å². The van der Waals surface area contributed by atoms with Crippen molar-refractivity contribution < 1.29 is 0 Å². The van der Waals surface area contributed by atoms with Crippen LogP contribution in [-0.4, -0.2) is 26.4 Å². The first-order chi connectivity index (χ1) is 14.1. The maximum absolute atomic E-state index is 12.8. The first-order valence-electron chi connectivity index (χ1n) is 9.84. The summed E-state index contributed by atoms with van der Waals surface area (Å²) in [6, 6.07) is 13.9. The Hall–Kier alpha value is -3.38. The molecular weight excluding hydrogens is 362 g/mol. The molecule has 0 saturated heterocycles. The summed E-state index contributed by atoms with van der Waals surface area (Å²) >= 11 is 0. The number of aromatic nitrogens is 3. The van der Waals surface area contributed by atoms with Crippen LogP contribution < -0.4 is 11.3 Å². The molecule has 0 radical (unpaired) electrons. The largest absolute Gasteiger partial charge is 0.399 e. The van der Waals surface area contributed by atoms with Crippen molar-refractivity contribution in [2.45, 2.75) is 26.4 Å². The second kappa shape index (κ2) is 6.90. The zero-order valence-electron chi connectivity index (χ0n) is 16.3. The minimum absolute atomic E-state index is 0.0546. The second-order valence-electron chi connectivity index (χ2n) is 7.79. The van der Waals surface area contributed by atoms with E-state index >= 15 is 0 Å². The number of hydrogen-bond acceptors (Lipinski definition) is 4. The predicted octanol–water partition coefficient (Wildman–Crippen LogP) is 3.37. The van der Waals surface area contributed by atoms with Crippen LogP contribution in [0.1, 0.15) is 22.4 Å². The minimum Gasteiger partial charge on any atom is -0.399 e. The average Bonchev–Trinajstić information content (AvgIpc) is 3.10. The smallest absolute Gasteiger partial charge is 0.255 e. The molecule has 6 nitrogen and oxygen atoms in total. The number of nitrogen functional groups attached to an aromatic ring is 1. The highest BCUT2D eigenvalue weighted by Gasteiger charge is 2.22. The third kappa shape index (κ3) is 3.32. The van der Waals surface area contributed by atoms with Crippen molar-refractivity contribution in [3.05, 3.63) is 81.4 Å². The fourth-order valence-electron chi connectivity index (χ4n) is 4.07. The van der Waals surface area contributed by atoms with E-state index in [9.17, 15) is 4.79 Å². The molecule has 0 bridgehead atoms. The van der Waals surface area contributed by atoms with Crippen molar-refractivity contribution in [3.8, 4) is 11.4 Å². The Balaban J connectivity index is 1.40. The molecule has 1 aliphatic rings. The SMILES string of the molecule is Cc1ccc2c(CN3CCc4nc(-c5ccc(N)cc5)[nH]c(=O)c4C3)c[nH]c2c1. The molecule has 0 aliphatic carbocycles. The lowest BCUT2D eigenvalue weighted by Crippen LogP contribution is -2.35. The van der Waals surface area contributed by atoms with Gasteiger partial charge in [0.1, 0.15) is 5.82 Å². The normalized spacial score (nSPS) is 14.2. The van der Waals surface area contributed by atoms with Gasteiger partial charge in [-0.25, -0.2) is 4.98 Å². The Labute approximate surface area is 168 Å². The molecule has 29 heavy (non-hydrogen) atoms. The molecule has 6 heteroatoms. The van der Waals surface area contributed by atoms with Crippen molar-refractivity contribution in [1.82, 2.24) is 19.9 Å². The van der Waals surface area contributed by atoms with Gasteiger partial charge in [0.15, 0.2) is 0 Å². The van der Waals surface area contributed by atoms with Crippen LogP contribution in [0.2, 0.25) is 0 Å². The van der Waals surface area contributed by atoms with Gasteiger partial charge < -0.3 is 15.7 Å². The van der Waals surface area contributed by atoms with Gasteiger partial charge in [0.2, 0.25) is 0 Å². The molecule has 146 valence electrons. The standard InChI is InChI=1S/C23H23N5O/c1-14-2-7-18-16(11-25-21(18)10-14)12-28-9-8-20-19(13-28)23(29)27-22(26-20)15-3-5-17(24)6-4-15/h2-7,10-11,25H,8-9,12-13,24H2,1H3,(H,26,27,29). The van der Waals surface area contributed by atoms with E-state index in [1.807, 2.05) is 24.3 Å². The molecule has 5 rings (SSSR count). The number of nitrogens with two attached hydrogens (primary N) is 1. The molecule has 0 spiro atoms. The zero-order chi connectivity index (χ0) is 20.0. The Morgan fingerprint density at radius 3 is 2.83 bits per heavy atom. The molecule has 0 fully saturated rings. The first-order valence-corrected chi connectivity index (χ1v) is 9.84. The Bertz CT molecular complexity index is 1250. The highest BCUT2D eigenvalue weighted by atomic mass is 16.1. The highest BCUT2D eigenvalue weighted by Crippen LogP contribution is 2.24. The van der Waals surface area contributed by atoms with Gasteiger partial charge in [0.05, 0.1) is 11.3 Å². The Kier molecular flexibility index (Phi) is 4.21. The van der Waals surface area contributed by atoms with E-state index in [0.717, 1.165) is 41.8 Å². The van der Waals surface area contributed by atoms with Crippen LogP contribution in [0.5, 0.6) is 0 Å². The summed E-state index contributed by atoms with van der Waals surface area (Å²) in [5, 5.41) is 1.24. The van der Waals surface area contributed by atoms with Gasteiger partial charge in [-0.1, -0.05) is 12.1 Å². The number of nitrogens with zero attached hydrogens (tertiary/aromatic N) is 2. The molecule has 2 aromatic carbocycles. The van der Waals surface area contributed by atoms with Gasteiger partial charge in [-0.05, 0) is 48.4 Å². The van der Waals surface area contributed by atoms with Crippen LogP contribution >= 0.6 is 0 Å². The fraction of sp³-hybridized carbons (Fsp3) is 0.217. The lowest BCUT2D eigenvalue weighted by Gasteiger charge is -2.27. The van der Waals surface area contributed by atoms with Crippen molar-refractivity contribution in [1.29, 1.82) is 0 Å². The van der Waals surface area contributed by atoms with E-state index in [2.05, 4.69) is 46.2 Å². The summed E-state index contributed by atoms with van der Waals surface area (Å²) < 4.78 is 0. The number of fused-ring (bicyclic) bond motifs is 2.